The monoisotopic (exact) mass is 295 g/mol. The number of nitrogens with zero attached hydrogens (tertiary/aromatic N) is 2. The highest BCUT2D eigenvalue weighted by Gasteiger charge is 2.36. The second kappa shape index (κ2) is 6.23. The molecule has 1 amide bonds. The first-order valence-electron chi connectivity index (χ1n) is 6.34. The number of hydrogen-bond acceptors (Lipinski definition) is 5. The first-order chi connectivity index (χ1) is 9.54. The van der Waals surface area contributed by atoms with Crippen LogP contribution in [0.1, 0.15) is 18.7 Å². The zero-order valence-electron chi connectivity index (χ0n) is 11.4. The Morgan fingerprint density at radius 1 is 1.50 bits per heavy atom. The molecule has 108 valence electrons. The lowest BCUT2D eigenvalue weighted by Gasteiger charge is -2.24. The summed E-state index contributed by atoms with van der Waals surface area (Å²) in [5.41, 5.74) is 0.791. The van der Waals surface area contributed by atoms with Crippen LogP contribution in [0.3, 0.4) is 0 Å². The fraction of sp³-hybridized carbons (Fsp3) is 0.462. The molecule has 2 atom stereocenters. The maximum absolute atomic E-state index is 12.1. The van der Waals surface area contributed by atoms with E-state index in [0.29, 0.717) is 6.54 Å². The van der Waals surface area contributed by atoms with Crippen molar-refractivity contribution in [3.05, 3.63) is 39.9 Å². The summed E-state index contributed by atoms with van der Waals surface area (Å²) in [4.78, 5) is 24.3. The summed E-state index contributed by atoms with van der Waals surface area (Å²) in [6, 6.07) is 6.17. The number of carbonyl (C=O) groups excluding carboxylic acids is 1. The Labute approximate surface area is 121 Å². The normalized spacial score (nSPS) is 22.3. The summed E-state index contributed by atoms with van der Waals surface area (Å²) < 4.78 is 0. The molecule has 1 aliphatic heterocycles. The smallest absolute Gasteiger partial charge is 0.269 e. The van der Waals surface area contributed by atoms with E-state index in [0.717, 1.165) is 11.3 Å². The Morgan fingerprint density at radius 3 is 2.90 bits per heavy atom. The van der Waals surface area contributed by atoms with Gasteiger partial charge in [-0.2, -0.15) is 11.8 Å². The average Bonchev–Trinajstić information content (AvgIpc) is 2.73. The average molecular weight is 295 g/mol. The molecule has 7 heteroatoms. The van der Waals surface area contributed by atoms with Gasteiger partial charge in [-0.25, -0.2) is 0 Å². The van der Waals surface area contributed by atoms with Gasteiger partial charge in [0.1, 0.15) is 6.17 Å². The van der Waals surface area contributed by atoms with Crippen molar-refractivity contribution in [3.63, 3.8) is 0 Å². The van der Waals surface area contributed by atoms with Gasteiger partial charge in [-0.15, -0.1) is 0 Å². The fourth-order valence-electron chi connectivity index (χ4n) is 2.29. The van der Waals surface area contributed by atoms with Crippen LogP contribution in [0.2, 0.25) is 0 Å². The zero-order chi connectivity index (χ0) is 14.7. The molecule has 0 radical (unpaired) electrons. The number of non-ortho nitro benzene ring substituents is 1. The summed E-state index contributed by atoms with van der Waals surface area (Å²) >= 11 is 1.67. The van der Waals surface area contributed by atoms with Crippen LogP contribution in [0.5, 0.6) is 0 Å². The molecule has 0 aliphatic carbocycles. The van der Waals surface area contributed by atoms with Gasteiger partial charge in [-0.1, -0.05) is 12.1 Å². The molecule has 2 rings (SSSR count). The quantitative estimate of drug-likeness (QED) is 0.662. The molecule has 1 fully saturated rings. The molecule has 6 nitrogen and oxygen atoms in total. The number of thioether (sulfide) groups is 1. The summed E-state index contributed by atoms with van der Waals surface area (Å²) in [5, 5.41) is 14.0. The molecular formula is C13H17N3O3S. The first-order valence-corrected chi connectivity index (χ1v) is 7.74. The Kier molecular flexibility index (Phi) is 4.61. The van der Waals surface area contributed by atoms with Crippen LogP contribution in [0.4, 0.5) is 5.69 Å². The third kappa shape index (κ3) is 2.94. The lowest BCUT2D eigenvalue weighted by molar-refractivity contribution is -0.385. The number of amides is 1. The zero-order valence-corrected chi connectivity index (χ0v) is 12.2. The van der Waals surface area contributed by atoms with Crippen molar-refractivity contribution in [3.8, 4) is 0 Å². The minimum Gasteiger partial charge on any atom is -0.321 e. The van der Waals surface area contributed by atoms with Crippen molar-refractivity contribution in [2.45, 2.75) is 19.1 Å². The van der Waals surface area contributed by atoms with Gasteiger partial charge in [0.25, 0.3) is 5.69 Å². The molecule has 1 aromatic carbocycles. The van der Waals surface area contributed by atoms with Gasteiger partial charge in [0.05, 0.1) is 11.0 Å². The van der Waals surface area contributed by atoms with Crippen molar-refractivity contribution < 1.29 is 9.72 Å². The highest BCUT2D eigenvalue weighted by Crippen LogP contribution is 2.27. The van der Waals surface area contributed by atoms with E-state index in [1.807, 2.05) is 19.2 Å². The van der Waals surface area contributed by atoms with Gasteiger partial charge in [-0.05, 0) is 18.7 Å². The van der Waals surface area contributed by atoms with Crippen molar-refractivity contribution in [2.24, 2.45) is 0 Å². The number of nitro groups is 1. The Morgan fingerprint density at radius 2 is 2.25 bits per heavy atom. The van der Waals surface area contributed by atoms with Crippen LogP contribution in [-0.4, -0.2) is 40.3 Å². The van der Waals surface area contributed by atoms with Crippen LogP contribution in [0, 0.1) is 10.1 Å². The molecule has 1 aromatic rings. The van der Waals surface area contributed by atoms with Gasteiger partial charge >= 0.3 is 0 Å². The van der Waals surface area contributed by atoms with Gasteiger partial charge in [0.2, 0.25) is 5.91 Å². The predicted octanol–water partition coefficient (Wildman–Crippen LogP) is 1.78. The van der Waals surface area contributed by atoms with Crippen LogP contribution in [0.15, 0.2) is 24.3 Å². The number of benzene rings is 1. The number of hydrogen-bond donors (Lipinski definition) is 1. The molecule has 20 heavy (non-hydrogen) atoms. The van der Waals surface area contributed by atoms with Crippen LogP contribution < -0.4 is 5.32 Å². The molecule has 0 saturated carbocycles. The van der Waals surface area contributed by atoms with Crippen LogP contribution in [0.25, 0.3) is 0 Å². The molecule has 1 heterocycles. The predicted molar refractivity (Wildman–Crippen MR) is 78.5 cm³/mol. The standard InChI is InChI=1S/C13H17N3O3S/c1-9-13(17)15(6-7-20-2)12(14-9)10-4-3-5-11(8-10)16(18)19/h3-5,8-9,12,14H,6-7H2,1-2H3. The van der Waals surface area contributed by atoms with Gasteiger partial charge < -0.3 is 4.90 Å². The lowest BCUT2D eigenvalue weighted by Crippen LogP contribution is -2.32. The van der Waals surface area contributed by atoms with E-state index < -0.39 is 4.92 Å². The maximum Gasteiger partial charge on any atom is 0.269 e. The minimum absolute atomic E-state index is 0.0376. The SMILES string of the molecule is CSCCN1C(=O)C(C)NC1c1cccc([N+](=O)[O-])c1. The maximum atomic E-state index is 12.1. The number of nitro benzene ring substituents is 1. The number of carbonyl (C=O) groups is 1. The molecule has 0 aromatic heterocycles. The van der Waals surface area contributed by atoms with E-state index in [-0.39, 0.29) is 23.8 Å². The molecule has 1 saturated heterocycles. The van der Waals surface area contributed by atoms with E-state index in [1.165, 1.54) is 12.1 Å². The summed E-state index contributed by atoms with van der Waals surface area (Å²) in [6.07, 6.45) is 1.70. The molecule has 0 spiro atoms. The summed E-state index contributed by atoms with van der Waals surface area (Å²) in [5.74, 6) is 0.876. The highest BCUT2D eigenvalue weighted by atomic mass is 32.2. The van der Waals surface area contributed by atoms with E-state index in [4.69, 9.17) is 0 Å². The van der Waals surface area contributed by atoms with Crippen molar-refractivity contribution >= 4 is 23.4 Å². The molecule has 0 bridgehead atoms. The summed E-state index contributed by atoms with van der Waals surface area (Å²) in [7, 11) is 0. The molecular weight excluding hydrogens is 278 g/mol. The summed E-state index contributed by atoms with van der Waals surface area (Å²) in [6.45, 7) is 2.44. The Bertz CT molecular complexity index is 523. The van der Waals surface area contributed by atoms with Gasteiger partial charge in [-0.3, -0.25) is 20.2 Å². The molecule has 1 N–H and O–H groups in total. The highest BCUT2D eigenvalue weighted by molar-refractivity contribution is 7.98. The van der Waals surface area contributed by atoms with E-state index in [2.05, 4.69) is 5.32 Å². The van der Waals surface area contributed by atoms with Crippen molar-refractivity contribution in [1.29, 1.82) is 0 Å². The third-order valence-electron chi connectivity index (χ3n) is 3.31. The Balaban J connectivity index is 2.27. The van der Waals surface area contributed by atoms with E-state index in [1.54, 1.807) is 22.7 Å². The second-order valence-electron chi connectivity index (χ2n) is 4.67. The minimum atomic E-state index is -0.421. The largest absolute Gasteiger partial charge is 0.321 e. The molecule has 2 unspecified atom stereocenters. The number of nitrogens with one attached hydrogen (secondary N) is 1. The Hall–Kier alpha value is -1.60. The number of rotatable bonds is 5. The van der Waals surface area contributed by atoms with E-state index in [9.17, 15) is 14.9 Å². The molecule has 1 aliphatic rings. The van der Waals surface area contributed by atoms with Crippen LogP contribution >= 0.6 is 11.8 Å². The van der Waals surface area contributed by atoms with Crippen molar-refractivity contribution in [2.75, 3.05) is 18.6 Å². The van der Waals surface area contributed by atoms with Crippen molar-refractivity contribution in [1.82, 2.24) is 10.2 Å². The van der Waals surface area contributed by atoms with Gasteiger partial charge in [0, 0.05) is 24.4 Å². The van der Waals surface area contributed by atoms with E-state index >= 15 is 0 Å². The lowest BCUT2D eigenvalue weighted by atomic mass is 10.1. The second-order valence-corrected chi connectivity index (χ2v) is 5.65. The van der Waals surface area contributed by atoms with Gasteiger partial charge in [0.15, 0.2) is 0 Å². The van der Waals surface area contributed by atoms with Crippen LogP contribution in [-0.2, 0) is 4.79 Å². The third-order valence-corrected chi connectivity index (χ3v) is 3.90. The fourth-order valence-corrected chi connectivity index (χ4v) is 2.67. The first kappa shape index (κ1) is 14.8. The topological polar surface area (TPSA) is 75.5 Å².